The van der Waals surface area contributed by atoms with Crippen LogP contribution in [-0.2, 0) is 9.53 Å². The summed E-state index contributed by atoms with van der Waals surface area (Å²) in [5.74, 6) is -1.08. The number of benzene rings is 1. The van der Waals surface area contributed by atoms with E-state index in [2.05, 4.69) is 5.32 Å². The van der Waals surface area contributed by atoms with E-state index >= 15 is 0 Å². The van der Waals surface area contributed by atoms with Gasteiger partial charge < -0.3 is 15.2 Å². The number of esters is 1. The molecule has 1 aromatic carbocycles. The molecule has 0 radical (unpaired) electrons. The predicted octanol–water partition coefficient (Wildman–Crippen LogP) is 2.55. The van der Waals surface area contributed by atoms with Crippen molar-refractivity contribution in [1.82, 2.24) is 0 Å². The van der Waals surface area contributed by atoms with Gasteiger partial charge in [-0.25, -0.2) is 4.79 Å². The highest BCUT2D eigenvalue weighted by atomic mass is 16.5. The summed E-state index contributed by atoms with van der Waals surface area (Å²) in [7, 11) is 0. The number of anilines is 1. The summed E-state index contributed by atoms with van der Waals surface area (Å²) in [4.78, 5) is 23.3. The van der Waals surface area contributed by atoms with E-state index < -0.39 is 5.97 Å². The lowest BCUT2D eigenvalue weighted by atomic mass is 10.1. The molecule has 5 nitrogen and oxygen atoms in total. The Hall–Kier alpha value is -2.04. The molecule has 1 aromatic rings. The van der Waals surface area contributed by atoms with Crippen LogP contribution in [0.1, 0.15) is 37.6 Å². The molecule has 2 N–H and O–H groups in total. The van der Waals surface area contributed by atoms with E-state index in [1.54, 1.807) is 13.8 Å². The third-order valence-corrected chi connectivity index (χ3v) is 2.45. The minimum atomic E-state index is -0.597. The molecule has 0 aliphatic heterocycles. The minimum Gasteiger partial charge on any atom is -0.507 e. The highest BCUT2D eigenvalue weighted by molar-refractivity contribution is 5.96. The summed E-state index contributed by atoms with van der Waals surface area (Å²) in [5.41, 5.74) is 0.509. The van der Waals surface area contributed by atoms with E-state index in [1.807, 2.05) is 6.92 Å². The molecule has 0 saturated heterocycles. The predicted molar refractivity (Wildman–Crippen MR) is 72.1 cm³/mol. The second-order valence-corrected chi connectivity index (χ2v) is 4.51. The largest absolute Gasteiger partial charge is 0.507 e. The normalized spacial score (nSPS) is 10.3. The molecule has 5 heteroatoms. The van der Waals surface area contributed by atoms with Crippen molar-refractivity contribution in [2.75, 3.05) is 11.9 Å². The van der Waals surface area contributed by atoms with Crippen LogP contribution in [0.2, 0.25) is 0 Å². The number of carbonyl (C=O) groups excluding carboxylic acids is 2. The fourth-order valence-electron chi connectivity index (χ4n) is 1.34. The van der Waals surface area contributed by atoms with Gasteiger partial charge in [0.25, 0.3) is 0 Å². The number of phenolic OH excluding ortho intramolecular Hbond substituents is 1. The molecule has 0 atom stereocenters. The SMILES string of the molecule is CCCOC(=O)c1cc(NC(=O)C(C)C)ccc1O. The second kappa shape index (κ2) is 6.78. The Morgan fingerprint density at radius 2 is 2.05 bits per heavy atom. The molecule has 0 unspecified atom stereocenters. The molecule has 0 aliphatic carbocycles. The first-order valence-electron chi connectivity index (χ1n) is 6.26. The molecule has 0 aliphatic rings. The van der Waals surface area contributed by atoms with Crippen LogP contribution in [0.4, 0.5) is 5.69 Å². The third kappa shape index (κ3) is 4.28. The van der Waals surface area contributed by atoms with Crippen LogP contribution in [0.25, 0.3) is 0 Å². The van der Waals surface area contributed by atoms with Crippen LogP contribution in [0.15, 0.2) is 18.2 Å². The molecule has 1 amide bonds. The van der Waals surface area contributed by atoms with Gasteiger partial charge in [-0.05, 0) is 24.6 Å². The van der Waals surface area contributed by atoms with Gasteiger partial charge in [-0.1, -0.05) is 20.8 Å². The zero-order valence-electron chi connectivity index (χ0n) is 11.4. The number of phenols is 1. The van der Waals surface area contributed by atoms with Crippen molar-refractivity contribution >= 4 is 17.6 Å². The van der Waals surface area contributed by atoms with E-state index in [0.717, 1.165) is 0 Å². The number of ether oxygens (including phenoxy) is 1. The molecule has 1 rings (SSSR count). The number of carbonyl (C=O) groups is 2. The van der Waals surface area contributed by atoms with Gasteiger partial charge in [0, 0.05) is 11.6 Å². The lowest BCUT2D eigenvalue weighted by Gasteiger charge is -2.10. The molecule has 0 aromatic heterocycles. The van der Waals surface area contributed by atoms with Gasteiger partial charge in [-0.15, -0.1) is 0 Å². The van der Waals surface area contributed by atoms with Gasteiger partial charge in [0.2, 0.25) is 5.91 Å². The third-order valence-electron chi connectivity index (χ3n) is 2.45. The highest BCUT2D eigenvalue weighted by Gasteiger charge is 2.15. The molecule has 104 valence electrons. The molecular formula is C14H19NO4. The van der Waals surface area contributed by atoms with E-state index in [9.17, 15) is 14.7 Å². The number of hydrogen-bond acceptors (Lipinski definition) is 4. The average molecular weight is 265 g/mol. The molecule has 0 saturated carbocycles. The molecule has 19 heavy (non-hydrogen) atoms. The standard InChI is InChI=1S/C14H19NO4/c1-4-7-19-14(18)11-8-10(5-6-12(11)16)15-13(17)9(2)3/h5-6,8-9,16H,4,7H2,1-3H3,(H,15,17). The maximum Gasteiger partial charge on any atom is 0.341 e. The summed E-state index contributed by atoms with van der Waals surface area (Å²) in [6, 6.07) is 4.30. The summed E-state index contributed by atoms with van der Waals surface area (Å²) >= 11 is 0. The van der Waals surface area contributed by atoms with Crippen LogP contribution in [0.3, 0.4) is 0 Å². The van der Waals surface area contributed by atoms with Gasteiger partial charge in [0.1, 0.15) is 11.3 Å². The number of amides is 1. The number of aromatic hydroxyl groups is 1. The maximum absolute atomic E-state index is 11.7. The zero-order chi connectivity index (χ0) is 14.4. The van der Waals surface area contributed by atoms with Crippen LogP contribution >= 0.6 is 0 Å². The van der Waals surface area contributed by atoms with Crippen molar-refractivity contribution < 1.29 is 19.4 Å². The van der Waals surface area contributed by atoms with Crippen LogP contribution in [0.5, 0.6) is 5.75 Å². The first-order chi connectivity index (χ1) is 8.95. The second-order valence-electron chi connectivity index (χ2n) is 4.51. The lowest BCUT2D eigenvalue weighted by molar-refractivity contribution is -0.118. The van der Waals surface area contributed by atoms with Crippen LogP contribution in [0, 0.1) is 5.92 Å². The highest BCUT2D eigenvalue weighted by Crippen LogP contribution is 2.22. The molecule has 0 fully saturated rings. The Morgan fingerprint density at radius 1 is 1.37 bits per heavy atom. The first-order valence-corrected chi connectivity index (χ1v) is 6.26. The van der Waals surface area contributed by atoms with Gasteiger partial charge in [-0.3, -0.25) is 4.79 Å². The van der Waals surface area contributed by atoms with Crippen molar-refractivity contribution in [3.05, 3.63) is 23.8 Å². The van der Waals surface area contributed by atoms with E-state index in [0.29, 0.717) is 18.7 Å². The number of hydrogen-bond donors (Lipinski definition) is 2. The summed E-state index contributed by atoms with van der Waals surface area (Å²) in [5, 5.41) is 12.3. The van der Waals surface area contributed by atoms with E-state index in [-0.39, 0.29) is 23.1 Å². The van der Waals surface area contributed by atoms with Crippen molar-refractivity contribution in [3.8, 4) is 5.75 Å². The summed E-state index contributed by atoms with van der Waals surface area (Å²) < 4.78 is 4.95. The lowest BCUT2D eigenvalue weighted by Crippen LogP contribution is -2.18. The zero-order valence-corrected chi connectivity index (χ0v) is 11.4. The quantitative estimate of drug-likeness (QED) is 0.633. The topological polar surface area (TPSA) is 75.6 Å². The van der Waals surface area contributed by atoms with Crippen LogP contribution in [-0.4, -0.2) is 23.6 Å². The molecule has 0 bridgehead atoms. The van der Waals surface area contributed by atoms with Crippen molar-refractivity contribution in [2.24, 2.45) is 5.92 Å². The Bertz CT molecular complexity index is 469. The van der Waals surface area contributed by atoms with Crippen molar-refractivity contribution in [1.29, 1.82) is 0 Å². The fraction of sp³-hybridized carbons (Fsp3) is 0.429. The molecule has 0 spiro atoms. The maximum atomic E-state index is 11.7. The Kier molecular flexibility index (Phi) is 5.36. The van der Waals surface area contributed by atoms with Crippen molar-refractivity contribution in [2.45, 2.75) is 27.2 Å². The van der Waals surface area contributed by atoms with Gasteiger partial charge >= 0.3 is 5.97 Å². The monoisotopic (exact) mass is 265 g/mol. The smallest absolute Gasteiger partial charge is 0.341 e. The van der Waals surface area contributed by atoms with Gasteiger partial charge in [0.05, 0.1) is 6.61 Å². The van der Waals surface area contributed by atoms with E-state index in [1.165, 1.54) is 18.2 Å². The van der Waals surface area contributed by atoms with Gasteiger partial charge in [-0.2, -0.15) is 0 Å². The van der Waals surface area contributed by atoms with Gasteiger partial charge in [0.15, 0.2) is 0 Å². The fourth-order valence-corrected chi connectivity index (χ4v) is 1.34. The Morgan fingerprint density at radius 3 is 2.63 bits per heavy atom. The average Bonchev–Trinajstić information content (AvgIpc) is 2.37. The summed E-state index contributed by atoms with van der Waals surface area (Å²) in [6.45, 7) is 5.71. The minimum absolute atomic E-state index is 0.0509. The molecular weight excluding hydrogens is 246 g/mol. The van der Waals surface area contributed by atoms with Crippen molar-refractivity contribution in [3.63, 3.8) is 0 Å². The Labute approximate surface area is 112 Å². The summed E-state index contributed by atoms with van der Waals surface area (Å²) in [6.07, 6.45) is 0.705. The first kappa shape index (κ1) is 15.0. The van der Waals surface area contributed by atoms with E-state index in [4.69, 9.17) is 4.74 Å². The number of nitrogens with one attached hydrogen (secondary N) is 1. The number of rotatable bonds is 5. The Balaban J connectivity index is 2.88. The van der Waals surface area contributed by atoms with Crippen LogP contribution < -0.4 is 5.32 Å². The molecule has 0 heterocycles.